The van der Waals surface area contributed by atoms with Crippen LogP contribution in [0.25, 0.3) is 11.4 Å². The molecule has 3 N–H and O–H groups in total. The number of carbonyl (C=O) groups excluding carboxylic acids is 2. The molecule has 0 saturated carbocycles. The van der Waals surface area contributed by atoms with Crippen LogP contribution in [0.5, 0.6) is 5.75 Å². The van der Waals surface area contributed by atoms with Gasteiger partial charge in [-0.05, 0) is 119 Å². The van der Waals surface area contributed by atoms with Crippen molar-refractivity contribution in [1.29, 1.82) is 0 Å². The molecule has 0 unspecified atom stereocenters. The molecule has 2 amide bonds. The van der Waals surface area contributed by atoms with Gasteiger partial charge in [0.25, 0.3) is 0 Å². The van der Waals surface area contributed by atoms with Gasteiger partial charge in [0.05, 0.1) is 35.6 Å². The average Bonchev–Trinajstić information content (AvgIpc) is 3.76. The number of aromatic nitrogens is 6. The highest BCUT2D eigenvalue weighted by Gasteiger charge is 2.40. The van der Waals surface area contributed by atoms with Crippen LogP contribution >= 0.6 is 11.6 Å². The maximum Gasteiger partial charge on any atom is 0.223 e. The Labute approximate surface area is 384 Å². The lowest BCUT2D eigenvalue weighted by Gasteiger charge is -2.43. The van der Waals surface area contributed by atoms with Crippen molar-refractivity contribution in [3.05, 3.63) is 159 Å². The third-order valence-corrected chi connectivity index (χ3v) is 13.1. The molecule has 14 heteroatoms. The Kier molecular flexibility index (Phi) is 12.2. The number of benzene rings is 4. The van der Waals surface area contributed by atoms with Crippen LogP contribution in [0.15, 0.2) is 107 Å². The summed E-state index contributed by atoms with van der Waals surface area (Å²) < 4.78 is 3.98. The molecule has 0 spiro atoms. The van der Waals surface area contributed by atoms with Crippen molar-refractivity contribution >= 4 is 34.8 Å². The minimum atomic E-state index is -0.712. The molecule has 0 fully saturated rings. The fourth-order valence-corrected chi connectivity index (χ4v) is 8.78. The van der Waals surface area contributed by atoms with E-state index in [0.717, 1.165) is 62.5 Å². The van der Waals surface area contributed by atoms with E-state index >= 15 is 0 Å². The number of hydrogen-bond donors (Lipinski definition) is 3. The summed E-state index contributed by atoms with van der Waals surface area (Å²) >= 11 is 6.30. The van der Waals surface area contributed by atoms with Crippen LogP contribution in [0.4, 0.5) is 0 Å². The Bertz CT molecular complexity index is 2890. The molecular formula is C51H55ClN10O3. The third-order valence-electron chi connectivity index (χ3n) is 12.9. The van der Waals surface area contributed by atoms with Gasteiger partial charge in [-0.3, -0.25) is 28.7 Å². The van der Waals surface area contributed by atoms with Gasteiger partial charge < -0.3 is 15.7 Å². The quantitative estimate of drug-likeness (QED) is 0.0975. The van der Waals surface area contributed by atoms with E-state index in [9.17, 15) is 14.7 Å². The molecule has 65 heavy (non-hydrogen) atoms. The highest BCUT2D eigenvalue weighted by atomic mass is 35.5. The summed E-state index contributed by atoms with van der Waals surface area (Å²) in [7, 11) is 0. The van der Waals surface area contributed by atoms with Crippen LogP contribution in [-0.2, 0) is 16.0 Å². The summed E-state index contributed by atoms with van der Waals surface area (Å²) in [4.78, 5) is 38.5. The molecular weight excluding hydrogens is 836 g/mol. The predicted molar refractivity (Wildman–Crippen MR) is 255 cm³/mol. The summed E-state index contributed by atoms with van der Waals surface area (Å²) in [5.41, 5.74) is 8.56. The second kappa shape index (κ2) is 17.7. The van der Waals surface area contributed by atoms with E-state index in [0.29, 0.717) is 40.5 Å². The highest BCUT2D eigenvalue weighted by molar-refractivity contribution is 6.30. The van der Waals surface area contributed by atoms with E-state index in [-0.39, 0.29) is 37.0 Å². The number of aromatic hydroxyl groups is 1. The summed E-state index contributed by atoms with van der Waals surface area (Å²) in [5.74, 6) is 2.29. The van der Waals surface area contributed by atoms with Crippen molar-refractivity contribution in [3.63, 3.8) is 0 Å². The van der Waals surface area contributed by atoms with E-state index < -0.39 is 23.0 Å². The number of fused-ring (bicyclic) bond motifs is 6. The first-order valence-electron chi connectivity index (χ1n) is 22.0. The topological polar surface area (TPSA) is 165 Å². The second-order valence-electron chi connectivity index (χ2n) is 18.3. The Morgan fingerprint density at radius 2 is 1.25 bits per heavy atom. The Morgan fingerprint density at radius 1 is 0.723 bits per heavy atom. The predicted octanol–water partition coefficient (Wildman–Crippen LogP) is 8.94. The van der Waals surface area contributed by atoms with Crippen LogP contribution < -0.4 is 10.6 Å². The number of carbonyl (C=O) groups is 2. The number of hydrogen-bond acceptors (Lipinski definition) is 9. The molecule has 13 nitrogen and oxygen atoms in total. The van der Waals surface area contributed by atoms with Gasteiger partial charge in [-0.1, -0.05) is 74.4 Å². The van der Waals surface area contributed by atoms with Crippen molar-refractivity contribution in [1.82, 2.24) is 40.2 Å². The number of aryl methyl sites for hydroxylation is 4. The van der Waals surface area contributed by atoms with Crippen LogP contribution in [0.3, 0.4) is 0 Å². The first-order valence-corrected chi connectivity index (χ1v) is 22.3. The minimum Gasteiger partial charge on any atom is -0.508 e. The van der Waals surface area contributed by atoms with E-state index in [4.69, 9.17) is 21.6 Å². The van der Waals surface area contributed by atoms with Crippen LogP contribution in [0, 0.1) is 26.2 Å². The third kappa shape index (κ3) is 9.02. The smallest absolute Gasteiger partial charge is 0.223 e. The van der Waals surface area contributed by atoms with Gasteiger partial charge in [-0.2, -0.15) is 0 Å². The molecule has 0 aliphatic carbocycles. The van der Waals surface area contributed by atoms with E-state index in [1.165, 1.54) is 0 Å². The number of aliphatic imine (C=N–C) groups is 2. The standard InChI is InChI=1S/C51H55ClN10O3/c1-10-33-12-22-43-39(24-33)47(34-13-17-36(52)18-14-34)54-40(48-59-58-32(5)62(43)48)25-44(64)53-28-30(3)27-50(6,7)51(8,9)56-45(65)26-41-49-60-57-31(4)61(49)42-21-11-29(2)23-38(42)46(55-41)35-15-19-37(63)20-16-35/h11-24,40-41,63H,3,10,25-28H2,1-2,4-9H3,(H,53,64)(H,56,65)/t40-,41-/m1/s1. The molecule has 2 aliphatic heterocycles. The fourth-order valence-electron chi connectivity index (χ4n) is 8.66. The van der Waals surface area contributed by atoms with Crippen LogP contribution in [0.1, 0.15) is 123 Å². The van der Waals surface area contributed by atoms with Crippen molar-refractivity contribution in [2.45, 2.75) is 98.7 Å². The van der Waals surface area contributed by atoms with Crippen molar-refractivity contribution < 1.29 is 14.7 Å². The van der Waals surface area contributed by atoms with Crippen molar-refractivity contribution in [2.24, 2.45) is 15.4 Å². The van der Waals surface area contributed by atoms with E-state index in [1.807, 2.05) is 92.3 Å². The monoisotopic (exact) mass is 890 g/mol. The largest absolute Gasteiger partial charge is 0.508 e. The van der Waals surface area contributed by atoms with E-state index in [2.05, 4.69) is 82.6 Å². The average molecular weight is 892 g/mol. The molecule has 334 valence electrons. The lowest BCUT2D eigenvalue weighted by molar-refractivity contribution is -0.124. The minimum absolute atomic E-state index is 0.0186. The number of phenols is 1. The van der Waals surface area contributed by atoms with Crippen molar-refractivity contribution in [2.75, 3.05) is 6.54 Å². The van der Waals surface area contributed by atoms with Gasteiger partial charge in [0, 0.05) is 39.4 Å². The number of halogens is 1. The van der Waals surface area contributed by atoms with Crippen LogP contribution in [0.2, 0.25) is 5.02 Å². The molecule has 8 rings (SSSR count). The van der Waals surface area contributed by atoms with E-state index in [1.54, 1.807) is 12.1 Å². The van der Waals surface area contributed by atoms with Gasteiger partial charge in [-0.25, -0.2) is 0 Å². The number of nitrogens with one attached hydrogen (secondary N) is 2. The number of rotatable bonds is 13. The maximum atomic E-state index is 14.2. The van der Waals surface area contributed by atoms with Gasteiger partial charge in [0.15, 0.2) is 11.6 Å². The first-order chi connectivity index (χ1) is 30.9. The zero-order valence-corrected chi connectivity index (χ0v) is 39.0. The Morgan fingerprint density at radius 3 is 1.82 bits per heavy atom. The van der Waals surface area contributed by atoms with Gasteiger partial charge in [-0.15, -0.1) is 20.4 Å². The van der Waals surface area contributed by atoms with Crippen molar-refractivity contribution in [3.8, 4) is 17.1 Å². The summed E-state index contributed by atoms with van der Waals surface area (Å²) in [6.07, 6.45) is 1.42. The molecule has 0 saturated heterocycles. The molecule has 2 atom stereocenters. The summed E-state index contributed by atoms with van der Waals surface area (Å²) in [6.45, 7) is 20.7. The van der Waals surface area contributed by atoms with Gasteiger partial charge in [0.2, 0.25) is 11.8 Å². The number of amides is 2. The molecule has 0 radical (unpaired) electrons. The van der Waals surface area contributed by atoms with Crippen LogP contribution in [-0.4, -0.2) is 70.0 Å². The zero-order chi connectivity index (χ0) is 46.4. The normalized spacial score (nSPS) is 15.6. The molecule has 2 aromatic heterocycles. The molecule has 4 heterocycles. The SMILES string of the molecule is C=C(CNC(=O)C[C@H]1N=C(c2ccc(Cl)cc2)c2cc(CC)ccc2-n2c(C)nnc21)CC(C)(C)C(C)(C)NC(=O)C[C@H]1N=C(c2ccc(O)cc2)c2cc(C)ccc2-n2c(C)nnc21. The first kappa shape index (κ1) is 44.9. The molecule has 6 aromatic rings. The second-order valence-corrected chi connectivity index (χ2v) is 18.8. The fraction of sp³-hybridized carbons (Fsp3) is 0.333. The zero-order valence-electron chi connectivity index (χ0n) is 38.2. The van der Waals surface area contributed by atoms with Gasteiger partial charge in [0.1, 0.15) is 29.5 Å². The highest BCUT2D eigenvalue weighted by Crippen LogP contribution is 2.39. The van der Waals surface area contributed by atoms with Gasteiger partial charge >= 0.3 is 0 Å². The number of nitrogens with zero attached hydrogens (tertiary/aromatic N) is 8. The Balaban J connectivity index is 0.963. The Hall–Kier alpha value is -6.73. The summed E-state index contributed by atoms with van der Waals surface area (Å²) in [5, 5.41) is 35.0. The molecule has 2 aliphatic rings. The lowest BCUT2D eigenvalue weighted by Crippen LogP contribution is -2.54. The molecule has 0 bridgehead atoms. The lowest BCUT2D eigenvalue weighted by atomic mass is 9.70. The summed E-state index contributed by atoms with van der Waals surface area (Å²) in [6, 6.07) is 25.7. The number of phenolic OH excluding ortho intramolecular Hbond substituents is 1. The maximum absolute atomic E-state index is 14.2. The molecule has 4 aromatic carbocycles.